The van der Waals surface area contributed by atoms with Gasteiger partial charge >= 0.3 is 0 Å². The molecule has 1 rings (SSSR count). The fourth-order valence-corrected chi connectivity index (χ4v) is 1.20. The third-order valence-electron chi connectivity index (χ3n) is 1.96. The lowest BCUT2D eigenvalue weighted by atomic mass is 10.3. The zero-order valence-electron chi connectivity index (χ0n) is 9.03. The summed E-state index contributed by atoms with van der Waals surface area (Å²) < 4.78 is 5.50. The van der Waals surface area contributed by atoms with Crippen LogP contribution in [0.4, 0.5) is 0 Å². The van der Waals surface area contributed by atoms with Crippen molar-refractivity contribution in [1.29, 1.82) is 0 Å². The number of hydrogen-bond donors (Lipinski definition) is 1. The van der Waals surface area contributed by atoms with E-state index in [4.69, 9.17) is 4.74 Å². The van der Waals surface area contributed by atoms with E-state index >= 15 is 0 Å². The SMILES string of the molecule is CC(=O)NCCCCOc1ccccc1. The first-order valence-electron chi connectivity index (χ1n) is 5.21. The van der Waals surface area contributed by atoms with E-state index in [1.165, 1.54) is 6.92 Å². The number of amides is 1. The molecule has 0 atom stereocenters. The maximum Gasteiger partial charge on any atom is 0.216 e. The van der Waals surface area contributed by atoms with Crippen molar-refractivity contribution in [1.82, 2.24) is 5.32 Å². The van der Waals surface area contributed by atoms with Crippen molar-refractivity contribution in [3.63, 3.8) is 0 Å². The quantitative estimate of drug-likeness (QED) is 0.724. The van der Waals surface area contributed by atoms with Crippen LogP contribution in [0.5, 0.6) is 5.75 Å². The Hall–Kier alpha value is -1.51. The lowest BCUT2D eigenvalue weighted by Gasteiger charge is -2.05. The zero-order chi connectivity index (χ0) is 10.9. The Bertz CT molecular complexity index is 285. The smallest absolute Gasteiger partial charge is 0.216 e. The van der Waals surface area contributed by atoms with Crippen LogP contribution in [0.15, 0.2) is 30.3 Å². The van der Waals surface area contributed by atoms with E-state index in [-0.39, 0.29) is 5.91 Å². The van der Waals surface area contributed by atoms with Crippen LogP contribution in [0.25, 0.3) is 0 Å². The third-order valence-corrected chi connectivity index (χ3v) is 1.96. The van der Waals surface area contributed by atoms with Gasteiger partial charge in [0.25, 0.3) is 0 Å². The molecule has 0 aliphatic carbocycles. The molecule has 0 heterocycles. The van der Waals surface area contributed by atoms with Crippen LogP contribution in [0.3, 0.4) is 0 Å². The van der Waals surface area contributed by atoms with Crippen molar-refractivity contribution in [3.05, 3.63) is 30.3 Å². The van der Waals surface area contributed by atoms with E-state index in [1.807, 2.05) is 30.3 Å². The van der Waals surface area contributed by atoms with E-state index in [9.17, 15) is 4.79 Å². The molecule has 1 aromatic carbocycles. The molecular weight excluding hydrogens is 190 g/mol. The van der Waals surface area contributed by atoms with Crippen molar-refractivity contribution in [2.75, 3.05) is 13.2 Å². The van der Waals surface area contributed by atoms with Crippen molar-refractivity contribution in [2.45, 2.75) is 19.8 Å². The van der Waals surface area contributed by atoms with Gasteiger partial charge in [0.2, 0.25) is 5.91 Å². The first kappa shape index (κ1) is 11.6. The maximum atomic E-state index is 10.6. The summed E-state index contributed by atoms with van der Waals surface area (Å²) in [6.07, 6.45) is 1.90. The summed E-state index contributed by atoms with van der Waals surface area (Å²) in [5.74, 6) is 0.927. The highest BCUT2D eigenvalue weighted by Gasteiger charge is 1.93. The molecule has 0 saturated carbocycles. The number of hydrogen-bond acceptors (Lipinski definition) is 2. The van der Waals surface area contributed by atoms with Crippen molar-refractivity contribution >= 4 is 5.91 Å². The molecule has 0 unspecified atom stereocenters. The van der Waals surface area contributed by atoms with Crippen LogP contribution < -0.4 is 10.1 Å². The van der Waals surface area contributed by atoms with Gasteiger partial charge in [-0.2, -0.15) is 0 Å². The summed E-state index contributed by atoms with van der Waals surface area (Å²) in [5.41, 5.74) is 0. The van der Waals surface area contributed by atoms with Gasteiger partial charge in [0.1, 0.15) is 5.75 Å². The molecule has 0 aromatic heterocycles. The number of benzene rings is 1. The van der Waals surface area contributed by atoms with Gasteiger partial charge in [0.05, 0.1) is 6.61 Å². The van der Waals surface area contributed by atoms with Gasteiger partial charge in [-0.1, -0.05) is 18.2 Å². The standard InChI is InChI=1S/C12H17NO2/c1-11(14)13-9-5-6-10-15-12-7-3-2-4-8-12/h2-4,7-8H,5-6,9-10H2,1H3,(H,13,14). The monoisotopic (exact) mass is 207 g/mol. The maximum absolute atomic E-state index is 10.6. The molecule has 82 valence electrons. The van der Waals surface area contributed by atoms with Crippen LogP contribution in [-0.4, -0.2) is 19.1 Å². The molecule has 0 radical (unpaired) electrons. The van der Waals surface area contributed by atoms with Gasteiger partial charge in [0, 0.05) is 13.5 Å². The Kier molecular flexibility index (Phi) is 5.30. The summed E-state index contributed by atoms with van der Waals surface area (Å²) in [6.45, 7) is 2.96. The Labute approximate surface area is 90.4 Å². The summed E-state index contributed by atoms with van der Waals surface area (Å²) in [6, 6.07) is 9.74. The van der Waals surface area contributed by atoms with E-state index in [0.29, 0.717) is 6.61 Å². The van der Waals surface area contributed by atoms with Crippen LogP contribution in [0.2, 0.25) is 0 Å². The minimum absolute atomic E-state index is 0.0268. The lowest BCUT2D eigenvalue weighted by molar-refractivity contribution is -0.118. The largest absolute Gasteiger partial charge is 0.494 e. The highest BCUT2D eigenvalue weighted by molar-refractivity contribution is 5.72. The number of nitrogens with one attached hydrogen (secondary N) is 1. The van der Waals surface area contributed by atoms with E-state index in [2.05, 4.69) is 5.32 Å². The van der Waals surface area contributed by atoms with Gasteiger partial charge in [-0.15, -0.1) is 0 Å². The Morgan fingerprint density at radius 3 is 2.67 bits per heavy atom. The van der Waals surface area contributed by atoms with Gasteiger partial charge in [-0.25, -0.2) is 0 Å². The van der Waals surface area contributed by atoms with Gasteiger partial charge < -0.3 is 10.1 Å². The molecule has 1 aromatic rings. The Morgan fingerprint density at radius 2 is 2.00 bits per heavy atom. The lowest BCUT2D eigenvalue weighted by Crippen LogP contribution is -2.21. The minimum atomic E-state index is 0.0268. The van der Waals surface area contributed by atoms with E-state index in [0.717, 1.165) is 25.1 Å². The summed E-state index contributed by atoms with van der Waals surface area (Å²) >= 11 is 0. The number of rotatable bonds is 6. The normalized spacial score (nSPS) is 9.67. The topological polar surface area (TPSA) is 38.3 Å². The molecule has 1 amide bonds. The van der Waals surface area contributed by atoms with Crippen LogP contribution in [0.1, 0.15) is 19.8 Å². The van der Waals surface area contributed by atoms with E-state index < -0.39 is 0 Å². The van der Waals surface area contributed by atoms with Crippen molar-refractivity contribution in [2.24, 2.45) is 0 Å². The predicted octanol–water partition coefficient (Wildman–Crippen LogP) is 1.98. The van der Waals surface area contributed by atoms with Crippen molar-refractivity contribution < 1.29 is 9.53 Å². The van der Waals surface area contributed by atoms with Gasteiger partial charge in [-0.05, 0) is 25.0 Å². The molecule has 0 bridgehead atoms. The second-order valence-electron chi connectivity index (χ2n) is 3.35. The van der Waals surface area contributed by atoms with Crippen LogP contribution in [0, 0.1) is 0 Å². The molecule has 3 nitrogen and oxygen atoms in total. The fourth-order valence-electron chi connectivity index (χ4n) is 1.20. The molecule has 3 heteroatoms. The first-order valence-corrected chi connectivity index (χ1v) is 5.21. The number of para-hydroxylation sites is 1. The molecule has 0 spiro atoms. The number of carbonyl (C=O) groups is 1. The molecule has 15 heavy (non-hydrogen) atoms. The number of unbranched alkanes of at least 4 members (excludes halogenated alkanes) is 1. The minimum Gasteiger partial charge on any atom is -0.494 e. The zero-order valence-corrected chi connectivity index (χ0v) is 9.03. The molecule has 0 aliphatic heterocycles. The van der Waals surface area contributed by atoms with Crippen LogP contribution in [-0.2, 0) is 4.79 Å². The summed E-state index contributed by atoms with van der Waals surface area (Å²) in [7, 11) is 0. The highest BCUT2D eigenvalue weighted by Crippen LogP contribution is 2.08. The second-order valence-corrected chi connectivity index (χ2v) is 3.35. The molecule has 0 saturated heterocycles. The summed E-state index contributed by atoms with van der Waals surface area (Å²) in [4.78, 5) is 10.6. The van der Waals surface area contributed by atoms with Crippen LogP contribution >= 0.6 is 0 Å². The summed E-state index contributed by atoms with van der Waals surface area (Å²) in [5, 5.41) is 2.75. The van der Waals surface area contributed by atoms with Gasteiger partial charge in [0.15, 0.2) is 0 Å². The molecule has 0 aliphatic rings. The Balaban J connectivity index is 2.00. The predicted molar refractivity (Wildman–Crippen MR) is 59.9 cm³/mol. The second kappa shape index (κ2) is 6.87. The molecular formula is C12H17NO2. The number of ether oxygens (including phenoxy) is 1. The third kappa shape index (κ3) is 5.73. The number of carbonyl (C=O) groups excluding carboxylic acids is 1. The fraction of sp³-hybridized carbons (Fsp3) is 0.417. The van der Waals surface area contributed by atoms with Crippen molar-refractivity contribution in [3.8, 4) is 5.75 Å². The Morgan fingerprint density at radius 1 is 1.27 bits per heavy atom. The molecule has 1 N–H and O–H groups in total. The van der Waals surface area contributed by atoms with E-state index in [1.54, 1.807) is 0 Å². The first-order chi connectivity index (χ1) is 7.29. The highest BCUT2D eigenvalue weighted by atomic mass is 16.5. The average molecular weight is 207 g/mol. The van der Waals surface area contributed by atoms with Gasteiger partial charge in [-0.3, -0.25) is 4.79 Å². The molecule has 0 fully saturated rings. The average Bonchev–Trinajstić information content (AvgIpc) is 2.24.